The van der Waals surface area contributed by atoms with E-state index in [4.69, 9.17) is 10.5 Å². The lowest BCUT2D eigenvalue weighted by molar-refractivity contribution is -0.154. The molecule has 1 aromatic carbocycles. The van der Waals surface area contributed by atoms with Crippen LogP contribution in [0, 0.1) is 52.2 Å². The molecule has 0 heterocycles. The van der Waals surface area contributed by atoms with Crippen molar-refractivity contribution < 1.29 is 13.9 Å². The third kappa shape index (κ3) is 3.86. The first kappa shape index (κ1) is 24.1. The van der Waals surface area contributed by atoms with E-state index in [0.29, 0.717) is 28.5 Å². The number of nitrogens with one attached hydrogen (secondary N) is 1. The quantitative estimate of drug-likeness (QED) is 0.478. The van der Waals surface area contributed by atoms with E-state index in [0.717, 1.165) is 43.1 Å². The Balaban J connectivity index is 1.31. The number of ketones is 1. The molecule has 4 aliphatic carbocycles. The summed E-state index contributed by atoms with van der Waals surface area (Å²) >= 11 is 0. The van der Waals surface area contributed by atoms with Crippen molar-refractivity contribution in [3.63, 3.8) is 0 Å². The largest absolute Gasteiger partial charge is 0.397 e. The van der Waals surface area contributed by atoms with Gasteiger partial charge in [0.15, 0.2) is 5.78 Å². The molecule has 188 valence electrons. The van der Waals surface area contributed by atoms with Crippen LogP contribution in [0.15, 0.2) is 18.2 Å². The van der Waals surface area contributed by atoms with Crippen LogP contribution < -0.4 is 11.1 Å². The zero-order valence-corrected chi connectivity index (χ0v) is 21.2. The first-order valence-electron chi connectivity index (χ1n) is 13.6. The number of ether oxygens (including phenoxy) is 1. The number of anilines is 2. The highest BCUT2D eigenvalue weighted by atomic mass is 19.1. The number of nitrogen functional groups attached to an aromatic ring is 1. The highest BCUT2D eigenvalue weighted by molar-refractivity contribution is 5.87. The Morgan fingerprint density at radius 3 is 2.74 bits per heavy atom. The Morgan fingerprint density at radius 2 is 1.97 bits per heavy atom. The van der Waals surface area contributed by atoms with Crippen molar-refractivity contribution in [2.24, 2.45) is 46.3 Å². The lowest BCUT2D eigenvalue weighted by atomic mass is 9.44. The fourth-order valence-corrected chi connectivity index (χ4v) is 9.34. The van der Waals surface area contributed by atoms with E-state index in [2.05, 4.69) is 19.2 Å². The summed E-state index contributed by atoms with van der Waals surface area (Å²) in [5.41, 5.74) is 7.39. The normalized spacial score (nSPS) is 41.3. The van der Waals surface area contributed by atoms with Crippen molar-refractivity contribution >= 4 is 17.2 Å². The molecule has 0 radical (unpaired) electrons. The van der Waals surface area contributed by atoms with E-state index in [1.54, 1.807) is 6.07 Å². The molecule has 5 rings (SSSR count). The molecule has 4 saturated carbocycles. The third-order valence-electron chi connectivity index (χ3n) is 10.9. The van der Waals surface area contributed by atoms with Crippen LogP contribution in [0.2, 0.25) is 0 Å². The molecule has 0 bridgehead atoms. The molecule has 4 aliphatic rings. The molecule has 0 saturated heterocycles. The maximum Gasteiger partial charge on any atom is 0.155 e. The Hall–Kier alpha value is -1.62. The van der Waals surface area contributed by atoms with Crippen molar-refractivity contribution in [2.45, 2.75) is 71.6 Å². The van der Waals surface area contributed by atoms with Gasteiger partial charge in [0.2, 0.25) is 0 Å². The number of benzene rings is 1. The zero-order valence-electron chi connectivity index (χ0n) is 21.2. The van der Waals surface area contributed by atoms with Gasteiger partial charge in [-0.25, -0.2) is 4.39 Å². The van der Waals surface area contributed by atoms with Gasteiger partial charge >= 0.3 is 0 Å². The number of nitrogens with two attached hydrogens (primary N) is 1. The predicted molar refractivity (Wildman–Crippen MR) is 135 cm³/mol. The molecule has 0 spiro atoms. The van der Waals surface area contributed by atoms with Crippen LogP contribution in [0.4, 0.5) is 15.8 Å². The number of halogens is 1. The van der Waals surface area contributed by atoms with Gasteiger partial charge in [-0.05, 0) is 110 Å². The van der Waals surface area contributed by atoms with Gasteiger partial charge in [0.25, 0.3) is 0 Å². The van der Waals surface area contributed by atoms with E-state index in [9.17, 15) is 9.18 Å². The molecule has 4 nitrogen and oxygen atoms in total. The van der Waals surface area contributed by atoms with Crippen molar-refractivity contribution in [1.29, 1.82) is 0 Å². The Morgan fingerprint density at radius 1 is 1.15 bits per heavy atom. The number of Topliss-reactive ketones (excluding diaryl/α,β-unsaturated/α-hetero) is 1. The summed E-state index contributed by atoms with van der Waals surface area (Å²) in [5, 5.41) is 3.19. The summed E-state index contributed by atoms with van der Waals surface area (Å²) in [7, 11) is 1.89. The molecule has 0 aliphatic heterocycles. The summed E-state index contributed by atoms with van der Waals surface area (Å²) in [4.78, 5) is 13.4. The van der Waals surface area contributed by atoms with Crippen molar-refractivity contribution in [3.05, 3.63) is 24.0 Å². The number of hydrogen-bond donors (Lipinski definition) is 2. The number of carbonyl (C=O) groups excluding carboxylic acids is 1. The van der Waals surface area contributed by atoms with E-state index >= 15 is 0 Å². The van der Waals surface area contributed by atoms with Gasteiger partial charge in [0.1, 0.15) is 5.82 Å². The van der Waals surface area contributed by atoms with Crippen LogP contribution in [0.25, 0.3) is 0 Å². The first-order chi connectivity index (χ1) is 16.3. The summed E-state index contributed by atoms with van der Waals surface area (Å²) in [6.07, 6.45) is 11.3. The number of rotatable bonds is 6. The van der Waals surface area contributed by atoms with Crippen LogP contribution in [0.1, 0.15) is 71.6 Å². The monoisotopic (exact) mass is 470 g/mol. The van der Waals surface area contributed by atoms with Crippen LogP contribution >= 0.6 is 0 Å². The molecule has 8 unspecified atom stereocenters. The predicted octanol–water partition coefficient (Wildman–Crippen LogP) is 6.31. The van der Waals surface area contributed by atoms with Gasteiger partial charge in [-0.2, -0.15) is 0 Å². The number of carbonyl (C=O) groups is 1. The minimum atomic E-state index is -0.356. The molecule has 3 N–H and O–H groups in total. The second kappa shape index (κ2) is 9.11. The van der Waals surface area contributed by atoms with Crippen LogP contribution in [-0.4, -0.2) is 26.0 Å². The first-order valence-corrected chi connectivity index (χ1v) is 13.6. The second-order valence-corrected chi connectivity index (χ2v) is 12.4. The van der Waals surface area contributed by atoms with Crippen LogP contribution in [0.3, 0.4) is 0 Å². The van der Waals surface area contributed by atoms with Gasteiger partial charge in [-0.3, -0.25) is 4.79 Å². The molecule has 5 heteroatoms. The summed E-state index contributed by atoms with van der Waals surface area (Å²) in [6, 6.07) is 4.32. The number of hydrogen-bond acceptors (Lipinski definition) is 4. The summed E-state index contributed by atoms with van der Waals surface area (Å²) < 4.78 is 19.3. The summed E-state index contributed by atoms with van der Waals surface area (Å²) in [5.74, 6) is 3.83. The lowest BCUT2D eigenvalue weighted by Gasteiger charge is -2.62. The van der Waals surface area contributed by atoms with Crippen molar-refractivity contribution in [3.8, 4) is 0 Å². The van der Waals surface area contributed by atoms with Gasteiger partial charge in [-0.15, -0.1) is 0 Å². The van der Waals surface area contributed by atoms with Crippen LogP contribution in [0.5, 0.6) is 0 Å². The van der Waals surface area contributed by atoms with E-state index < -0.39 is 0 Å². The minimum Gasteiger partial charge on any atom is -0.397 e. The zero-order chi connectivity index (χ0) is 24.1. The maximum absolute atomic E-state index is 13.4. The molecule has 1 aromatic rings. The Bertz CT molecular complexity index is 921. The SMILES string of the molecule is COCC12CCC(C)CC1CCC1C3CCC(C(=O)CNc4ccc(F)cc4N)C3(C)CCC12. The lowest BCUT2D eigenvalue weighted by Crippen LogP contribution is -2.56. The minimum absolute atomic E-state index is 0.0946. The van der Waals surface area contributed by atoms with Gasteiger partial charge in [0.05, 0.1) is 24.5 Å². The third-order valence-corrected chi connectivity index (χ3v) is 10.9. The molecule has 0 amide bonds. The molecule has 4 fully saturated rings. The second-order valence-electron chi connectivity index (χ2n) is 12.4. The summed E-state index contributed by atoms with van der Waals surface area (Å²) in [6.45, 7) is 6.03. The van der Waals surface area contributed by atoms with Gasteiger partial charge in [-0.1, -0.05) is 20.3 Å². The van der Waals surface area contributed by atoms with E-state index in [1.807, 2.05) is 7.11 Å². The fraction of sp³-hybridized carbons (Fsp3) is 0.759. The maximum atomic E-state index is 13.4. The average Bonchev–Trinajstić information content (AvgIpc) is 3.16. The topological polar surface area (TPSA) is 64.3 Å². The molecular formula is C29H43FN2O2. The molecule has 34 heavy (non-hydrogen) atoms. The van der Waals surface area contributed by atoms with Crippen molar-refractivity contribution in [2.75, 3.05) is 31.3 Å². The van der Waals surface area contributed by atoms with E-state index in [-0.39, 0.29) is 23.7 Å². The molecular weight excluding hydrogens is 427 g/mol. The van der Waals surface area contributed by atoms with Crippen molar-refractivity contribution in [1.82, 2.24) is 0 Å². The standard InChI is InChI=1S/C29H43FN2O2/c1-18-10-13-29(17-34-3)19(14-18)4-6-21-22-7-8-24(28(22,2)12-11-23(21)29)27(33)16-32-26-9-5-20(30)15-25(26)31/h5,9,15,18-19,21-24,32H,4,6-8,10-14,16-17,31H2,1-3H3. The fourth-order valence-electron chi connectivity index (χ4n) is 9.34. The molecule has 8 atom stereocenters. The number of methoxy groups -OCH3 is 1. The average molecular weight is 471 g/mol. The highest BCUT2D eigenvalue weighted by Gasteiger charge is 2.62. The number of fused-ring (bicyclic) bond motifs is 5. The Kier molecular flexibility index (Phi) is 6.46. The van der Waals surface area contributed by atoms with Gasteiger partial charge in [0, 0.05) is 13.0 Å². The Labute approximate surface area is 204 Å². The van der Waals surface area contributed by atoms with Gasteiger partial charge < -0.3 is 15.8 Å². The smallest absolute Gasteiger partial charge is 0.155 e. The highest BCUT2D eigenvalue weighted by Crippen LogP contribution is 2.68. The van der Waals surface area contributed by atoms with E-state index in [1.165, 1.54) is 57.1 Å². The molecule has 0 aromatic heterocycles. The van der Waals surface area contributed by atoms with Crippen LogP contribution in [-0.2, 0) is 9.53 Å².